The highest BCUT2D eigenvalue weighted by atomic mass is 35.5. The number of primary amides is 1. The molecule has 0 spiro atoms. The average molecular weight is 536 g/mol. The zero-order valence-corrected chi connectivity index (χ0v) is 20.9. The van der Waals surface area contributed by atoms with Gasteiger partial charge in [-0.2, -0.15) is 8.42 Å². The first-order valence-electron chi connectivity index (χ1n) is 10.5. The van der Waals surface area contributed by atoms with Crippen LogP contribution in [0.2, 0.25) is 5.02 Å². The summed E-state index contributed by atoms with van der Waals surface area (Å²) in [5.74, 6) is -0.161. The fraction of sp³-hybridized carbons (Fsp3) is 0.217. The third-order valence-corrected chi connectivity index (χ3v) is 7.42. The van der Waals surface area contributed by atoms with E-state index in [-0.39, 0.29) is 23.7 Å². The smallest absolute Gasteiger partial charge is 0.264 e. The fourth-order valence-corrected chi connectivity index (χ4v) is 5.20. The van der Waals surface area contributed by atoms with Gasteiger partial charge in [0.05, 0.1) is 35.3 Å². The van der Waals surface area contributed by atoms with Crippen molar-refractivity contribution >= 4 is 44.6 Å². The molecule has 0 fully saturated rings. The number of halogens is 1. The van der Waals surface area contributed by atoms with E-state index >= 15 is 0 Å². The number of aromatic nitrogens is 2. The van der Waals surface area contributed by atoms with Crippen LogP contribution in [0.4, 0.5) is 0 Å². The number of pyridine rings is 1. The number of thiophene rings is 1. The number of carbonyl (C=O) groups excluding carboxylic acids is 1. The van der Waals surface area contributed by atoms with Gasteiger partial charge < -0.3 is 15.2 Å². The molecule has 0 saturated heterocycles. The van der Waals surface area contributed by atoms with E-state index in [2.05, 4.69) is 4.98 Å². The molecule has 35 heavy (non-hydrogen) atoms. The second-order valence-corrected chi connectivity index (χ2v) is 10.7. The Morgan fingerprint density at radius 1 is 1.29 bits per heavy atom. The van der Waals surface area contributed by atoms with Crippen LogP contribution in [0.15, 0.2) is 54.9 Å². The molecule has 3 N–H and O–H groups in total. The van der Waals surface area contributed by atoms with E-state index in [1.54, 1.807) is 41.1 Å². The maximum Gasteiger partial charge on any atom is 0.264 e. The van der Waals surface area contributed by atoms with Crippen LogP contribution in [0.1, 0.15) is 34.7 Å². The summed E-state index contributed by atoms with van der Waals surface area (Å²) < 4.78 is 44.1. The maximum absolute atomic E-state index is 12.1. The molecule has 0 saturated carbocycles. The topological polar surface area (TPSA) is 133 Å². The first kappa shape index (κ1) is 25.0. The third-order valence-electron chi connectivity index (χ3n) is 5.12. The lowest BCUT2D eigenvalue weighted by Crippen LogP contribution is -2.12. The van der Waals surface area contributed by atoms with E-state index in [9.17, 15) is 13.2 Å². The van der Waals surface area contributed by atoms with E-state index in [4.69, 9.17) is 31.4 Å². The van der Waals surface area contributed by atoms with Crippen LogP contribution < -0.4 is 15.2 Å². The third kappa shape index (κ3) is 5.93. The summed E-state index contributed by atoms with van der Waals surface area (Å²) in [7, 11) is -4.04. The van der Waals surface area contributed by atoms with Gasteiger partial charge >= 0.3 is 0 Å². The number of ether oxygens (including phenoxy) is 2. The van der Waals surface area contributed by atoms with Crippen LogP contribution in [-0.4, -0.2) is 40.6 Å². The number of rotatable bonds is 10. The van der Waals surface area contributed by atoms with Gasteiger partial charge in [-0.15, -0.1) is 11.3 Å². The maximum atomic E-state index is 12.1. The van der Waals surface area contributed by atoms with Crippen molar-refractivity contribution in [3.05, 3.63) is 70.3 Å². The summed E-state index contributed by atoms with van der Waals surface area (Å²) in [6.07, 6.45) is 3.09. The number of amides is 1. The van der Waals surface area contributed by atoms with Crippen LogP contribution in [0, 0.1) is 0 Å². The SMILES string of the molecule is CC(Oc1cc(-c2cnc3ccc(OCCCS(=O)(=O)O)cn23)sc1C(N)=O)c1ccccc1Cl. The average Bonchev–Trinajstić information content (AvgIpc) is 3.40. The van der Waals surface area contributed by atoms with E-state index in [1.165, 1.54) is 11.3 Å². The van der Waals surface area contributed by atoms with Crippen molar-refractivity contribution in [2.45, 2.75) is 19.4 Å². The Balaban J connectivity index is 1.60. The Kier molecular flexibility index (Phi) is 7.31. The van der Waals surface area contributed by atoms with Crippen molar-refractivity contribution in [3.8, 4) is 22.1 Å². The van der Waals surface area contributed by atoms with Crippen molar-refractivity contribution in [3.63, 3.8) is 0 Å². The molecule has 12 heteroatoms. The molecule has 4 aromatic rings. The van der Waals surface area contributed by atoms with Crippen molar-refractivity contribution in [1.29, 1.82) is 0 Å². The van der Waals surface area contributed by atoms with Gasteiger partial charge in [-0.1, -0.05) is 29.8 Å². The molecular formula is C23H22ClN3O6S2. The molecule has 0 aliphatic carbocycles. The van der Waals surface area contributed by atoms with E-state index < -0.39 is 22.1 Å². The highest BCUT2D eigenvalue weighted by molar-refractivity contribution is 7.85. The van der Waals surface area contributed by atoms with Gasteiger partial charge in [0.15, 0.2) is 0 Å². The lowest BCUT2D eigenvalue weighted by Gasteiger charge is -2.16. The number of hydrogen-bond acceptors (Lipinski definition) is 7. The molecule has 1 unspecified atom stereocenters. The van der Waals surface area contributed by atoms with Crippen molar-refractivity contribution < 1.29 is 27.2 Å². The molecule has 0 bridgehead atoms. The largest absolute Gasteiger partial charge is 0.492 e. The van der Waals surface area contributed by atoms with E-state index in [0.717, 1.165) is 5.56 Å². The van der Waals surface area contributed by atoms with E-state index in [0.29, 0.717) is 32.7 Å². The zero-order chi connectivity index (χ0) is 25.2. The number of imidazole rings is 1. The monoisotopic (exact) mass is 535 g/mol. The van der Waals surface area contributed by atoms with E-state index in [1.807, 2.05) is 25.1 Å². The molecular weight excluding hydrogens is 514 g/mol. The molecule has 1 aromatic carbocycles. The molecule has 1 atom stereocenters. The summed E-state index contributed by atoms with van der Waals surface area (Å²) in [4.78, 5) is 17.5. The standard InChI is InChI=1S/C23H22ClN3O6S2/c1-14(16-5-2-3-6-17(16)24)33-19-11-20(34-22(19)23(25)28)18-12-26-21-8-7-15(13-27(18)21)32-9-4-10-35(29,30)31/h2-3,5-8,11-14H,4,9-10H2,1H3,(H2,25,28)(H,29,30,31). The molecule has 0 aliphatic rings. The minimum atomic E-state index is -4.04. The van der Waals surface area contributed by atoms with Crippen LogP contribution in [0.5, 0.6) is 11.5 Å². The molecule has 0 radical (unpaired) electrons. The molecule has 1 amide bonds. The van der Waals surface area contributed by atoms with Crippen LogP contribution in [0.25, 0.3) is 16.2 Å². The van der Waals surface area contributed by atoms with Gasteiger partial charge in [-0.05, 0) is 31.5 Å². The summed E-state index contributed by atoms with van der Waals surface area (Å²) in [5.41, 5.74) is 7.74. The number of carbonyl (C=O) groups is 1. The zero-order valence-electron chi connectivity index (χ0n) is 18.5. The predicted octanol–water partition coefficient (Wildman–Crippen LogP) is 4.61. The molecule has 3 heterocycles. The highest BCUT2D eigenvalue weighted by Gasteiger charge is 2.21. The highest BCUT2D eigenvalue weighted by Crippen LogP contribution is 2.39. The first-order valence-corrected chi connectivity index (χ1v) is 13.3. The van der Waals surface area contributed by atoms with Gasteiger partial charge in [0.25, 0.3) is 16.0 Å². The van der Waals surface area contributed by atoms with Gasteiger partial charge in [0.1, 0.15) is 28.1 Å². The first-order chi connectivity index (χ1) is 16.6. The van der Waals surface area contributed by atoms with Gasteiger partial charge in [-0.25, -0.2) is 4.98 Å². The summed E-state index contributed by atoms with van der Waals surface area (Å²) in [5, 5.41) is 0.557. The molecule has 184 valence electrons. The number of nitrogens with two attached hydrogens (primary N) is 1. The summed E-state index contributed by atoms with van der Waals surface area (Å²) in [6, 6.07) is 12.5. The Hall–Kier alpha value is -3.12. The number of hydrogen-bond donors (Lipinski definition) is 2. The number of nitrogens with zero attached hydrogens (tertiary/aromatic N) is 2. The quantitative estimate of drug-likeness (QED) is 0.224. The lowest BCUT2D eigenvalue weighted by molar-refractivity contribution is 0.0998. The Morgan fingerprint density at radius 2 is 2.06 bits per heavy atom. The Labute approximate surface area is 210 Å². The Morgan fingerprint density at radius 3 is 2.77 bits per heavy atom. The second-order valence-electron chi connectivity index (χ2n) is 7.67. The number of benzene rings is 1. The van der Waals surface area contributed by atoms with Crippen molar-refractivity contribution in [2.24, 2.45) is 5.73 Å². The van der Waals surface area contributed by atoms with Gasteiger partial charge in [0, 0.05) is 16.7 Å². The molecule has 9 nitrogen and oxygen atoms in total. The van der Waals surface area contributed by atoms with Gasteiger partial charge in [0.2, 0.25) is 0 Å². The van der Waals surface area contributed by atoms with Crippen molar-refractivity contribution in [2.75, 3.05) is 12.4 Å². The molecule has 3 aromatic heterocycles. The minimum absolute atomic E-state index is 0.109. The van der Waals surface area contributed by atoms with Crippen LogP contribution in [-0.2, 0) is 10.1 Å². The minimum Gasteiger partial charge on any atom is -0.492 e. The summed E-state index contributed by atoms with van der Waals surface area (Å²) >= 11 is 7.47. The normalized spacial score (nSPS) is 12.5. The van der Waals surface area contributed by atoms with Crippen molar-refractivity contribution in [1.82, 2.24) is 9.38 Å². The van der Waals surface area contributed by atoms with Gasteiger partial charge in [-0.3, -0.25) is 13.7 Å². The van der Waals surface area contributed by atoms with Crippen LogP contribution in [0.3, 0.4) is 0 Å². The Bertz CT molecular complexity index is 1480. The lowest BCUT2D eigenvalue weighted by atomic mass is 10.1. The molecule has 0 aliphatic heterocycles. The summed E-state index contributed by atoms with van der Waals surface area (Å²) in [6.45, 7) is 1.95. The predicted molar refractivity (Wildman–Crippen MR) is 134 cm³/mol. The molecule has 4 rings (SSSR count). The fourth-order valence-electron chi connectivity index (χ4n) is 3.48. The number of fused-ring (bicyclic) bond motifs is 1. The van der Waals surface area contributed by atoms with Crippen LogP contribution >= 0.6 is 22.9 Å². The second kappa shape index (κ2) is 10.2.